The molecule has 1 N–H and O–H groups in total. The van der Waals surface area contributed by atoms with Crippen molar-refractivity contribution in [2.75, 3.05) is 19.7 Å². The van der Waals surface area contributed by atoms with E-state index in [1.165, 1.54) is 18.2 Å². The number of nitrogens with one attached hydrogen (secondary N) is 1. The van der Waals surface area contributed by atoms with Crippen molar-refractivity contribution in [3.05, 3.63) is 63.9 Å². The minimum atomic E-state index is -0.402. The van der Waals surface area contributed by atoms with Crippen molar-refractivity contribution in [3.8, 4) is 5.75 Å². The third-order valence-corrected chi connectivity index (χ3v) is 4.19. The molecule has 130 valence electrons. The summed E-state index contributed by atoms with van der Waals surface area (Å²) < 4.78 is 25.1. The first-order chi connectivity index (χ1) is 11.1. The van der Waals surface area contributed by atoms with Crippen molar-refractivity contribution in [1.29, 1.82) is 0 Å². The average molecular weight is 393 g/mol. The fraction of sp³-hybridized carbons (Fsp3) is 0.294. The van der Waals surface area contributed by atoms with Crippen molar-refractivity contribution in [3.63, 3.8) is 0 Å². The largest absolute Gasteiger partial charge is 0.481 e. The number of ether oxygens (including phenoxy) is 2. The van der Waals surface area contributed by atoms with Gasteiger partial charge in [0.2, 0.25) is 0 Å². The quantitative estimate of drug-likeness (QED) is 0.820. The SMILES string of the molecule is Cl.Fc1ccc(OC(c2ccc(Cl)cc2)[C@@H]2CNCCO2)c(Cl)c1. The molecule has 24 heavy (non-hydrogen) atoms. The number of rotatable bonds is 4. The van der Waals surface area contributed by atoms with Crippen LogP contribution >= 0.6 is 35.6 Å². The van der Waals surface area contributed by atoms with Gasteiger partial charge in [-0.15, -0.1) is 12.4 Å². The molecule has 2 atom stereocenters. The molecule has 0 saturated carbocycles. The van der Waals surface area contributed by atoms with Gasteiger partial charge in [-0.1, -0.05) is 35.3 Å². The molecular formula is C17H17Cl3FNO2. The molecule has 2 aromatic rings. The first-order valence-corrected chi connectivity index (χ1v) is 8.08. The lowest BCUT2D eigenvalue weighted by Crippen LogP contribution is -2.43. The van der Waals surface area contributed by atoms with Gasteiger partial charge in [0.25, 0.3) is 0 Å². The molecule has 3 nitrogen and oxygen atoms in total. The third kappa shape index (κ3) is 4.74. The van der Waals surface area contributed by atoms with Crippen LogP contribution in [0, 0.1) is 5.82 Å². The number of benzene rings is 2. The highest BCUT2D eigenvalue weighted by Crippen LogP contribution is 2.32. The molecule has 1 aliphatic rings. The number of hydrogen-bond acceptors (Lipinski definition) is 3. The topological polar surface area (TPSA) is 30.5 Å². The minimum Gasteiger partial charge on any atom is -0.481 e. The second kappa shape index (κ2) is 8.88. The van der Waals surface area contributed by atoms with Crippen LogP contribution in [0.5, 0.6) is 5.75 Å². The fourth-order valence-electron chi connectivity index (χ4n) is 2.50. The molecule has 2 aromatic carbocycles. The summed E-state index contributed by atoms with van der Waals surface area (Å²) in [5.41, 5.74) is 0.920. The average Bonchev–Trinajstić information content (AvgIpc) is 2.56. The van der Waals surface area contributed by atoms with E-state index in [0.717, 1.165) is 12.1 Å². The van der Waals surface area contributed by atoms with Crippen LogP contribution in [-0.2, 0) is 4.74 Å². The van der Waals surface area contributed by atoms with Gasteiger partial charge in [-0.05, 0) is 35.9 Å². The molecule has 1 unspecified atom stereocenters. The summed E-state index contributed by atoms with van der Waals surface area (Å²) in [5.74, 6) is 0.0168. The summed E-state index contributed by atoms with van der Waals surface area (Å²) in [6.07, 6.45) is -0.547. The first-order valence-electron chi connectivity index (χ1n) is 7.33. The van der Waals surface area contributed by atoms with E-state index in [0.29, 0.717) is 23.9 Å². The van der Waals surface area contributed by atoms with Crippen LogP contribution in [0.1, 0.15) is 11.7 Å². The van der Waals surface area contributed by atoms with E-state index in [2.05, 4.69) is 5.32 Å². The molecule has 0 aliphatic carbocycles. The Kier molecular flexibility index (Phi) is 7.14. The predicted octanol–water partition coefficient (Wildman–Crippen LogP) is 4.66. The Bertz CT molecular complexity index is 663. The first kappa shape index (κ1) is 19.3. The predicted molar refractivity (Wildman–Crippen MR) is 96.1 cm³/mol. The van der Waals surface area contributed by atoms with Crippen molar-refractivity contribution in [2.45, 2.75) is 12.2 Å². The molecule has 0 radical (unpaired) electrons. The fourth-order valence-corrected chi connectivity index (χ4v) is 2.84. The van der Waals surface area contributed by atoms with Crippen LogP contribution in [0.15, 0.2) is 42.5 Å². The zero-order valence-electron chi connectivity index (χ0n) is 12.7. The van der Waals surface area contributed by atoms with E-state index in [9.17, 15) is 4.39 Å². The molecular weight excluding hydrogens is 376 g/mol. The van der Waals surface area contributed by atoms with Crippen LogP contribution in [0.3, 0.4) is 0 Å². The Balaban J connectivity index is 0.00000208. The molecule has 3 rings (SSSR count). The van der Waals surface area contributed by atoms with E-state index < -0.39 is 5.82 Å². The van der Waals surface area contributed by atoms with Crippen molar-refractivity contribution < 1.29 is 13.9 Å². The minimum absolute atomic E-state index is 0. The smallest absolute Gasteiger partial charge is 0.151 e. The van der Waals surface area contributed by atoms with Crippen LogP contribution in [-0.4, -0.2) is 25.8 Å². The summed E-state index contributed by atoms with van der Waals surface area (Å²) >= 11 is 12.0. The van der Waals surface area contributed by atoms with Crippen LogP contribution in [0.2, 0.25) is 10.0 Å². The van der Waals surface area contributed by atoms with Crippen LogP contribution in [0.25, 0.3) is 0 Å². The second-order valence-electron chi connectivity index (χ2n) is 5.28. The van der Waals surface area contributed by atoms with Gasteiger partial charge < -0.3 is 14.8 Å². The van der Waals surface area contributed by atoms with Crippen molar-refractivity contribution in [1.82, 2.24) is 5.32 Å². The Morgan fingerprint density at radius 1 is 1.17 bits per heavy atom. The van der Waals surface area contributed by atoms with Gasteiger partial charge >= 0.3 is 0 Å². The van der Waals surface area contributed by atoms with Crippen molar-refractivity contribution in [2.24, 2.45) is 0 Å². The van der Waals surface area contributed by atoms with E-state index in [1.54, 1.807) is 12.1 Å². The second-order valence-corrected chi connectivity index (χ2v) is 6.12. The third-order valence-electron chi connectivity index (χ3n) is 3.64. The van der Waals surface area contributed by atoms with Crippen LogP contribution in [0.4, 0.5) is 4.39 Å². The lowest BCUT2D eigenvalue weighted by molar-refractivity contribution is -0.0432. The number of morpholine rings is 1. The monoisotopic (exact) mass is 391 g/mol. The van der Waals surface area contributed by atoms with Crippen LogP contribution < -0.4 is 10.1 Å². The van der Waals surface area contributed by atoms with Crippen molar-refractivity contribution >= 4 is 35.6 Å². The van der Waals surface area contributed by atoms with E-state index in [4.69, 9.17) is 32.7 Å². The summed E-state index contributed by atoms with van der Waals surface area (Å²) in [5, 5.41) is 4.16. The lowest BCUT2D eigenvalue weighted by atomic mass is 10.0. The molecule has 1 aliphatic heterocycles. The zero-order valence-corrected chi connectivity index (χ0v) is 15.0. The summed E-state index contributed by atoms with van der Waals surface area (Å²) in [6, 6.07) is 11.5. The van der Waals surface area contributed by atoms with Gasteiger partial charge in [0.15, 0.2) is 6.10 Å². The van der Waals surface area contributed by atoms with Gasteiger partial charge in [0.1, 0.15) is 17.7 Å². The molecule has 1 fully saturated rings. The highest BCUT2D eigenvalue weighted by Gasteiger charge is 2.28. The molecule has 0 amide bonds. The molecule has 0 bridgehead atoms. The van der Waals surface area contributed by atoms with Gasteiger partial charge in [0, 0.05) is 18.1 Å². The standard InChI is InChI=1S/C17H16Cl2FNO2.ClH/c18-12-3-1-11(2-4-12)17(16-10-21-7-8-22-16)23-15-6-5-13(20)9-14(15)19;/h1-6,9,16-17,21H,7-8,10H2;1H/t16-,17?;/m0./s1. The maximum absolute atomic E-state index is 13.2. The molecule has 7 heteroatoms. The summed E-state index contributed by atoms with van der Waals surface area (Å²) in [7, 11) is 0. The van der Waals surface area contributed by atoms with E-state index in [1.807, 2.05) is 12.1 Å². The Hall–Kier alpha value is -1.04. The maximum Gasteiger partial charge on any atom is 0.151 e. The van der Waals surface area contributed by atoms with Gasteiger partial charge in [-0.3, -0.25) is 0 Å². The Morgan fingerprint density at radius 3 is 2.54 bits per heavy atom. The molecule has 0 spiro atoms. The number of hydrogen-bond donors (Lipinski definition) is 1. The van der Waals surface area contributed by atoms with Gasteiger partial charge in [-0.2, -0.15) is 0 Å². The molecule has 1 saturated heterocycles. The highest BCUT2D eigenvalue weighted by atomic mass is 35.5. The lowest BCUT2D eigenvalue weighted by Gasteiger charge is -2.32. The summed E-state index contributed by atoms with van der Waals surface area (Å²) in [6.45, 7) is 2.07. The Labute approximate surface area is 156 Å². The summed E-state index contributed by atoms with van der Waals surface area (Å²) in [4.78, 5) is 0. The highest BCUT2D eigenvalue weighted by molar-refractivity contribution is 6.32. The maximum atomic E-state index is 13.2. The number of halogens is 4. The van der Waals surface area contributed by atoms with E-state index in [-0.39, 0.29) is 29.6 Å². The van der Waals surface area contributed by atoms with E-state index >= 15 is 0 Å². The Morgan fingerprint density at radius 2 is 1.92 bits per heavy atom. The molecule has 1 heterocycles. The normalized spacial score (nSPS) is 18.5. The molecule has 0 aromatic heterocycles. The van der Waals surface area contributed by atoms with Gasteiger partial charge in [-0.25, -0.2) is 4.39 Å². The zero-order chi connectivity index (χ0) is 16.2. The van der Waals surface area contributed by atoms with Gasteiger partial charge in [0.05, 0.1) is 11.6 Å².